The minimum absolute atomic E-state index is 0.0150. The van der Waals surface area contributed by atoms with E-state index in [0.717, 1.165) is 0 Å². The largest absolute Gasteiger partial charge is 0.484 e. The number of hydrogen-bond donors (Lipinski definition) is 1. The van der Waals surface area contributed by atoms with Crippen LogP contribution in [0.2, 0.25) is 5.02 Å². The predicted molar refractivity (Wildman–Crippen MR) is 107 cm³/mol. The first-order chi connectivity index (χ1) is 14.2. The van der Waals surface area contributed by atoms with Gasteiger partial charge in [0.15, 0.2) is 5.76 Å². The molecule has 0 unspecified atom stereocenters. The number of ether oxygens (including phenoxy) is 1. The van der Waals surface area contributed by atoms with Gasteiger partial charge in [-0.1, -0.05) is 11.6 Å². The molecule has 0 atom stereocenters. The van der Waals surface area contributed by atoms with Crippen LogP contribution in [0.25, 0.3) is 0 Å². The standard InChI is InChI=1S/C19H14ClN3O7/c1-11-8-12(22(25)26)2-5-16(11)21-19(24)18-7-4-14(30-18)10-29-17-6-3-13(23(27)28)9-15(17)20/h2-9H,10H2,1H3,(H,21,24). The summed E-state index contributed by atoms with van der Waals surface area (Å²) in [5, 5.41) is 24.2. The van der Waals surface area contributed by atoms with Crippen LogP contribution in [0.15, 0.2) is 52.9 Å². The van der Waals surface area contributed by atoms with E-state index in [1.807, 2.05) is 0 Å². The number of nitrogens with one attached hydrogen (secondary N) is 1. The molecule has 0 aliphatic heterocycles. The molecule has 11 heteroatoms. The number of nitrogens with zero attached hydrogens (tertiary/aromatic N) is 2. The zero-order chi connectivity index (χ0) is 21.8. The zero-order valence-corrected chi connectivity index (χ0v) is 16.2. The van der Waals surface area contributed by atoms with Gasteiger partial charge in [0, 0.05) is 30.0 Å². The van der Waals surface area contributed by atoms with E-state index in [0.29, 0.717) is 17.0 Å². The summed E-state index contributed by atoms with van der Waals surface area (Å²) in [6.45, 7) is 1.58. The van der Waals surface area contributed by atoms with Crippen LogP contribution in [0.3, 0.4) is 0 Å². The molecule has 3 rings (SSSR count). The molecule has 2 aromatic carbocycles. The van der Waals surface area contributed by atoms with Crippen molar-refractivity contribution >= 4 is 34.6 Å². The second kappa shape index (κ2) is 8.62. The summed E-state index contributed by atoms with van der Waals surface area (Å²) in [7, 11) is 0. The van der Waals surface area contributed by atoms with Gasteiger partial charge in [0.1, 0.15) is 18.1 Å². The van der Waals surface area contributed by atoms with Gasteiger partial charge in [-0.05, 0) is 36.8 Å². The minimum Gasteiger partial charge on any atom is -0.484 e. The van der Waals surface area contributed by atoms with Crippen LogP contribution in [0.1, 0.15) is 21.9 Å². The van der Waals surface area contributed by atoms with Crippen LogP contribution < -0.4 is 10.1 Å². The van der Waals surface area contributed by atoms with Crippen molar-refractivity contribution in [2.45, 2.75) is 13.5 Å². The fourth-order valence-electron chi connectivity index (χ4n) is 2.53. The van der Waals surface area contributed by atoms with E-state index in [1.165, 1.54) is 48.5 Å². The average Bonchev–Trinajstić information content (AvgIpc) is 3.17. The summed E-state index contributed by atoms with van der Waals surface area (Å²) in [4.78, 5) is 32.8. The number of benzene rings is 2. The lowest BCUT2D eigenvalue weighted by Crippen LogP contribution is -2.12. The van der Waals surface area contributed by atoms with E-state index < -0.39 is 15.8 Å². The molecule has 1 amide bonds. The Balaban J connectivity index is 1.64. The van der Waals surface area contributed by atoms with Crippen LogP contribution in [-0.2, 0) is 6.61 Å². The van der Waals surface area contributed by atoms with E-state index in [9.17, 15) is 25.0 Å². The van der Waals surface area contributed by atoms with Gasteiger partial charge in [-0.25, -0.2) is 0 Å². The quantitative estimate of drug-likeness (QED) is 0.415. The molecule has 0 spiro atoms. The lowest BCUT2D eigenvalue weighted by molar-refractivity contribution is -0.385. The third-order valence-corrected chi connectivity index (χ3v) is 4.35. The molecular formula is C19H14ClN3O7. The van der Waals surface area contributed by atoms with Crippen molar-refractivity contribution < 1.29 is 23.8 Å². The topological polar surface area (TPSA) is 138 Å². The Morgan fingerprint density at radius 3 is 2.37 bits per heavy atom. The second-order valence-electron chi connectivity index (χ2n) is 6.14. The van der Waals surface area contributed by atoms with Crippen molar-refractivity contribution in [1.29, 1.82) is 0 Å². The van der Waals surface area contributed by atoms with Crippen LogP contribution in [-0.4, -0.2) is 15.8 Å². The van der Waals surface area contributed by atoms with Gasteiger partial charge in [-0.3, -0.25) is 25.0 Å². The first kappa shape index (κ1) is 20.8. The van der Waals surface area contributed by atoms with Crippen molar-refractivity contribution in [2.75, 3.05) is 5.32 Å². The van der Waals surface area contributed by atoms with Crippen molar-refractivity contribution in [1.82, 2.24) is 0 Å². The van der Waals surface area contributed by atoms with Gasteiger partial charge in [0.2, 0.25) is 0 Å². The molecule has 0 bridgehead atoms. The molecule has 3 aromatic rings. The minimum atomic E-state index is -0.570. The van der Waals surface area contributed by atoms with Crippen molar-refractivity contribution in [3.8, 4) is 5.75 Å². The number of amides is 1. The fraction of sp³-hybridized carbons (Fsp3) is 0.105. The summed E-state index contributed by atoms with van der Waals surface area (Å²) in [5.41, 5.74) is 0.705. The van der Waals surface area contributed by atoms with E-state index in [4.69, 9.17) is 20.8 Å². The maximum Gasteiger partial charge on any atom is 0.291 e. The molecule has 0 radical (unpaired) electrons. The number of anilines is 1. The number of non-ortho nitro benzene ring substituents is 2. The number of halogens is 1. The molecule has 1 N–H and O–H groups in total. The Morgan fingerprint density at radius 2 is 1.73 bits per heavy atom. The Bertz CT molecular complexity index is 1140. The molecule has 0 fully saturated rings. The summed E-state index contributed by atoms with van der Waals surface area (Å²) in [6, 6.07) is 10.9. The number of rotatable bonds is 7. The second-order valence-corrected chi connectivity index (χ2v) is 6.54. The summed E-state index contributed by atoms with van der Waals surface area (Å²) >= 11 is 5.96. The van der Waals surface area contributed by atoms with E-state index in [-0.39, 0.29) is 34.5 Å². The monoisotopic (exact) mass is 431 g/mol. The Morgan fingerprint density at radius 1 is 1.07 bits per heavy atom. The van der Waals surface area contributed by atoms with Crippen LogP contribution in [0, 0.1) is 27.2 Å². The van der Waals surface area contributed by atoms with Crippen LogP contribution in [0.5, 0.6) is 5.75 Å². The number of nitro benzene ring substituents is 2. The third kappa shape index (κ3) is 4.73. The lowest BCUT2D eigenvalue weighted by Gasteiger charge is -2.07. The molecule has 1 aromatic heterocycles. The average molecular weight is 432 g/mol. The normalized spacial score (nSPS) is 10.5. The van der Waals surface area contributed by atoms with Crippen LogP contribution >= 0.6 is 11.6 Å². The molecule has 10 nitrogen and oxygen atoms in total. The number of carbonyl (C=O) groups is 1. The maximum atomic E-state index is 12.4. The van der Waals surface area contributed by atoms with Gasteiger partial charge in [0.25, 0.3) is 17.3 Å². The molecule has 0 saturated heterocycles. The zero-order valence-electron chi connectivity index (χ0n) is 15.5. The molecule has 1 heterocycles. The molecule has 0 saturated carbocycles. The highest BCUT2D eigenvalue weighted by Crippen LogP contribution is 2.29. The molecular weight excluding hydrogens is 418 g/mol. The third-order valence-electron chi connectivity index (χ3n) is 4.05. The van der Waals surface area contributed by atoms with Crippen molar-refractivity contribution in [2.24, 2.45) is 0 Å². The lowest BCUT2D eigenvalue weighted by atomic mass is 10.2. The van der Waals surface area contributed by atoms with Gasteiger partial charge in [-0.15, -0.1) is 0 Å². The van der Waals surface area contributed by atoms with Gasteiger partial charge in [-0.2, -0.15) is 0 Å². The molecule has 154 valence electrons. The van der Waals surface area contributed by atoms with Gasteiger partial charge >= 0.3 is 0 Å². The smallest absolute Gasteiger partial charge is 0.291 e. The van der Waals surface area contributed by atoms with Gasteiger partial charge < -0.3 is 14.5 Å². The number of aryl methyl sites for hydroxylation is 1. The van der Waals surface area contributed by atoms with Crippen molar-refractivity contribution in [3.05, 3.63) is 90.9 Å². The SMILES string of the molecule is Cc1cc([N+](=O)[O-])ccc1NC(=O)c1ccc(COc2ccc([N+](=O)[O-])cc2Cl)o1. The van der Waals surface area contributed by atoms with E-state index >= 15 is 0 Å². The molecule has 0 aliphatic rings. The highest BCUT2D eigenvalue weighted by Gasteiger charge is 2.16. The number of furan rings is 1. The Hall–Kier alpha value is -3.92. The van der Waals surface area contributed by atoms with E-state index in [1.54, 1.807) is 6.92 Å². The fourth-order valence-corrected chi connectivity index (χ4v) is 2.76. The van der Waals surface area contributed by atoms with Crippen LogP contribution in [0.4, 0.5) is 17.1 Å². The highest BCUT2D eigenvalue weighted by atomic mass is 35.5. The van der Waals surface area contributed by atoms with E-state index in [2.05, 4.69) is 5.32 Å². The number of hydrogen-bond acceptors (Lipinski definition) is 7. The first-order valence-corrected chi connectivity index (χ1v) is 8.84. The first-order valence-electron chi connectivity index (χ1n) is 8.46. The van der Waals surface area contributed by atoms with Gasteiger partial charge in [0.05, 0.1) is 14.9 Å². The Kier molecular flexibility index (Phi) is 5.98. The summed E-state index contributed by atoms with van der Waals surface area (Å²) in [5.74, 6) is 0.0360. The Labute approximate surface area is 174 Å². The highest BCUT2D eigenvalue weighted by molar-refractivity contribution is 6.32. The molecule has 0 aliphatic carbocycles. The molecule has 30 heavy (non-hydrogen) atoms. The summed E-state index contributed by atoms with van der Waals surface area (Å²) < 4.78 is 10.9. The van der Waals surface area contributed by atoms with Crippen molar-refractivity contribution in [3.63, 3.8) is 0 Å². The number of carbonyl (C=O) groups excluding carboxylic acids is 1. The predicted octanol–water partition coefficient (Wildman–Crippen LogP) is 4.89. The summed E-state index contributed by atoms with van der Waals surface area (Å²) in [6.07, 6.45) is 0. The maximum absolute atomic E-state index is 12.4. The number of nitro groups is 2.